The lowest BCUT2D eigenvalue weighted by Gasteiger charge is -2.04. The Balaban J connectivity index is 2.57. The summed E-state index contributed by atoms with van der Waals surface area (Å²) in [6.07, 6.45) is 3.14. The van der Waals surface area contributed by atoms with Crippen LogP contribution >= 0.6 is 0 Å². The van der Waals surface area contributed by atoms with Gasteiger partial charge in [0.25, 0.3) is 10.0 Å². The van der Waals surface area contributed by atoms with E-state index < -0.39 is 16.0 Å². The van der Waals surface area contributed by atoms with E-state index in [0.29, 0.717) is 12.5 Å². The van der Waals surface area contributed by atoms with Gasteiger partial charge in [-0.15, -0.1) is 0 Å². The van der Waals surface area contributed by atoms with Crippen molar-refractivity contribution in [2.75, 3.05) is 6.54 Å². The Hall–Kier alpha value is -1.41. The predicted octanol–water partition coefficient (Wildman–Crippen LogP) is 0.682. The van der Waals surface area contributed by atoms with Gasteiger partial charge in [-0.1, -0.05) is 13.8 Å². The highest BCUT2D eigenvalue weighted by atomic mass is 32.2. The van der Waals surface area contributed by atoms with Crippen LogP contribution in [-0.2, 0) is 21.4 Å². The Labute approximate surface area is 112 Å². The average Bonchev–Trinajstić information content (AvgIpc) is 2.72. The van der Waals surface area contributed by atoms with E-state index in [-0.39, 0.29) is 24.4 Å². The minimum absolute atomic E-state index is 0.0384. The van der Waals surface area contributed by atoms with Crippen LogP contribution in [-0.4, -0.2) is 35.6 Å². The molecule has 1 aromatic heterocycles. The number of nitrogens with one attached hydrogen (secondary N) is 1. The first-order valence-corrected chi connectivity index (χ1v) is 7.53. The standard InChI is InChI=1S/C11H19N3O4S/c1-9(2)6-14-7-10(12-8-14)19(17,18)13-5-3-4-11(15)16/h7-9,13H,3-6H2,1-2H3,(H,15,16). The molecule has 1 aromatic rings. The van der Waals surface area contributed by atoms with Crippen LogP contribution < -0.4 is 4.72 Å². The molecule has 0 aliphatic carbocycles. The van der Waals surface area contributed by atoms with Crippen molar-refractivity contribution in [1.29, 1.82) is 0 Å². The van der Waals surface area contributed by atoms with E-state index >= 15 is 0 Å². The summed E-state index contributed by atoms with van der Waals surface area (Å²) in [5, 5.41) is 8.42. The minimum Gasteiger partial charge on any atom is -0.481 e. The summed E-state index contributed by atoms with van der Waals surface area (Å²) in [5.41, 5.74) is 0. The van der Waals surface area contributed by atoms with Gasteiger partial charge in [0, 0.05) is 25.7 Å². The van der Waals surface area contributed by atoms with Gasteiger partial charge in [-0.05, 0) is 12.3 Å². The number of sulfonamides is 1. The third-order valence-corrected chi connectivity index (χ3v) is 3.67. The first-order valence-electron chi connectivity index (χ1n) is 6.04. The fourth-order valence-electron chi connectivity index (χ4n) is 1.52. The van der Waals surface area contributed by atoms with Crippen LogP contribution in [0.4, 0.5) is 0 Å². The molecule has 0 unspecified atom stereocenters. The number of rotatable bonds is 8. The number of imidazole rings is 1. The summed E-state index contributed by atoms with van der Waals surface area (Å²) in [6.45, 7) is 4.84. The normalized spacial score (nSPS) is 11.9. The highest BCUT2D eigenvalue weighted by Crippen LogP contribution is 2.07. The van der Waals surface area contributed by atoms with Crippen molar-refractivity contribution in [2.45, 2.75) is 38.3 Å². The lowest BCUT2D eigenvalue weighted by Crippen LogP contribution is -2.25. The molecule has 0 radical (unpaired) electrons. The van der Waals surface area contributed by atoms with E-state index in [0.717, 1.165) is 0 Å². The van der Waals surface area contributed by atoms with E-state index in [1.165, 1.54) is 12.5 Å². The zero-order chi connectivity index (χ0) is 14.5. The fraction of sp³-hybridized carbons (Fsp3) is 0.636. The molecule has 0 fully saturated rings. The molecular weight excluding hydrogens is 270 g/mol. The molecule has 0 amide bonds. The first-order chi connectivity index (χ1) is 8.81. The zero-order valence-corrected chi connectivity index (χ0v) is 11.9. The average molecular weight is 289 g/mol. The molecule has 0 saturated heterocycles. The molecule has 0 bridgehead atoms. The Morgan fingerprint density at radius 2 is 2.21 bits per heavy atom. The van der Waals surface area contributed by atoms with Crippen LogP contribution in [0, 0.1) is 5.92 Å². The lowest BCUT2D eigenvalue weighted by atomic mass is 10.2. The number of aromatic nitrogens is 2. The Kier molecular flexibility index (Phi) is 5.49. The van der Waals surface area contributed by atoms with Crippen molar-refractivity contribution in [3.63, 3.8) is 0 Å². The molecule has 0 aliphatic rings. The second kappa shape index (κ2) is 6.67. The Morgan fingerprint density at radius 3 is 2.79 bits per heavy atom. The van der Waals surface area contributed by atoms with Crippen molar-refractivity contribution < 1.29 is 18.3 Å². The second-order valence-electron chi connectivity index (χ2n) is 4.70. The molecule has 8 heteroatoms. The fourth-order valence-corrected chi connectivity index (χ4v) is 2.54. The van der Waals surface area contributed by atoms with Crippen LogP contribution in [0.2, 0.25) is 0 Å². The second-order valence-corrected chi connectivity index (χ2v) is 6.41. The van der Waals surface area contributed by atoms with Crippen molar-refractivity contribution in [2.24, 2.45) is 5.92 Å². The Morgan fingerprint density at radius 1 is 1.53 bits per heavy atom. The number of nitrogens with zero attached hydrogens (tertiary/aromatic N) is 2. The maximum absolute atomic E-state index is 11.8. The lowest BCUT2D eigenvalue weighted by molar-refractivity contribution is -0.137. The summed E-state index contributed by atoms with van der Waals surface area (Å²) >= 11 is 0. The van der Waals surface area contributed by atoms with Gasteiger partial charge >= 0.3 is 5.97 Å². The highest BCUT2D eigenvalue weighted by Gasteiger charge is 2.17. The van der Waals surface area contributed by atoms with Crippen LogP contribution in [0.25, 0.3) is 0 Å². The SMILES string of the molecule is CC(C)Cn1cnc(S(=O)(=O)NCCCC(=O)O)c1. The largest absolute Gasteiger partial charge is 0.481 e. The van der Waals surface area contributed by atoms with Crippen molar-refractivity contribution in [3.05, 3.63) is 12.5 Å². The molecule has 0 aliphatic heterocycles. The minimum atomic E-state index is -3.65. The number of carboxylic acids is 1. The third-order valence-electron chi connectivity index (χ3n) is 2.32. The molecule has 1 heterocycles. The quantitative estimate of drug-likeness (QED) is 0.685. The van der Waals surface area contributed by atoms with Crippen molar-refractivity contribution in [1.82, 2.24) is 14.3 Å². The summed E-state index contributed by atoms with van der Waals surface area (Å²) in [4.78, 5) is 14.2. The van der Waals surface area contributed by atoms with Gasteiger partial charge in [0.1, 0.15) is 0 Å². The molecule has 7 nitrogen and oxygen atoms in total. The highest BCUT2D eigenvalue weighted by molar-refractivity contribution is 7.89. The van der Waals surface area contributed by atoms with Gasteiger partial charge in [0.15, 0.2) is 5.03 Å². The maximum atomic E-state index is 11.8. The van der Waals surface area contributed by atoms with Gasteiger partial charge in [0.05, 0.1) is 6.33 Å². The smallest absolute Gasteiger partial charge is 0.303 e. The van der Waals surface area contributed by atoms with Gasteiger partial charge in [0.2, 0.25) is 0 Å². The maximum Gasteiger partial charge on any atom is 0.303 e. The van der Waals surface area contributed by atoms with Crippen molar-refractivity contribution in [3.8, 4) is 0 Å². The number of aliphatic carboxylic acids is 1. The molecule has 0 aromatic carbocycles. The number of hydrogen-bond acceptors (Lipinski definition) is 4. The van der Waals surface area contributed by atoms with Crippen molar-refractivity contribution >= 4 is 16.0 Å². The van der Waals surface area contributed by atoms with Crippen LogP contribution in [0.5, 0.6) is 0 Å². The molecule has 0 spiro atoms. The van der Waals surface area contributed by atoms with Crippen LogP contribution in [0.1, 0.15) is 26.7 Å². The van der Waals surface area contributed by atoms with E-state index in [4.69, 9.17) is 5.11 Å². The van der Waals surface area contributed by atoms with Gasteiger partial charge in [-0.3, -0.25) is 4.79 Å². The summed E-state index contributed by atoms with van der Waals surface area (Å²) in [5.74, 6) is -0.548. The van der Waals surface area contributed by atoms with Crippen LogP contribution in [0.15, 0.2) is 17.6 Å². The molecule has 0 saturated carbocycles. The molecule has 1 rings (SSSR count). The number of hydrogen-bond donors (Lipinski definition) is 2. The van der Waals surface area contributed by atoms with E-state index in [1.54, 1.807) is 4.57 Å². The monoisotopic (exact) mass is 289 g/mol. The third kappa shape index (κ3) is 5.39. The van der Waals surface area contributed by atoms with E-state index in [1.807, 2.05) is 13.8 Å². The van der Waals surface area contributed by atoms with E-state index in [2.05, 4.69) is 9.71 Å². The van der Waals surface area contributed by atoms with E-state index in [9.17, 15) is 13.2 Å². The zero-order valence-electron chi connectivity index (χ0n) is 11.0. The summed E-state index contributed by atoms with van der Waals surface area (Å²) < 4.78 is 27.7. The number of carbonyl (C=O) groups is 1. The summed E-state index contributed by atoms with van der Waals surface area (Å²) in [7, 11) is -3.65. The topological polar surface area (TPSA) is 101 Å². The van der Waals surface area contributed by atoms with Crippen LogP contribution in [0.3, 0.4) is 0 Å². The number of carboxylic acid groups (broad SMARTS) is 1. The van der Waals surface area contributed by atoms with Gasteiger partial charge in [-0.25, -0.2) is 18.1 Å². The first kappa shape index (κ1) is 15.6. The summed E-state index contributed by atoms with van der Waals surface area (Å²) in [6, 6.07) is 0. The van der Waals surface area contributed by atoms with Gasteiger partial charge in [-0.2, -0.15) is 0 Å². The molecule has 108 valence electrons. The molecule has 0 atom stereocenters. The Bertz CT molecular complexity index is 522. The van der Waals surface area contributed by atoms with Gasteiger partial charge < -0.3 is 9.67 Å². The molecule has 2 N–H and O–H groups in total. The predicted molar refractivity (Wildman–Crippen MR) is 69.1 cm³/mol. The molecule has 19 heavy (non-hydrogen) atoms. The molecular formula is C11H19N3O4S.